The normalized spacial score (nSPS) is 15.9. The van der Waals surface area contributed by atoms with Crippen LogP contribution in [0.1, 0.15) is 37.3 Å². The lowest BCUT2D eigenvalue weighted by Crippen LogP contribution is -2.24. The van der Waals surface area contributed by atoms with Crippen LogP contribution in [0.5, 0.6) is 0 Å². The van der Waals surface area contributed by atoms with Gasteiger partial charge in [-0.1, -0.05) is 49.8 Å². The molecule has 0 N–H and O–H groups in total. The maximum absolute atomic E-state index is 4.77. The average molecular weight is 249 g/mol. The summed E-state index contributed by atoms with van der Waals surface area (Å²) in [6, 6.07) is 8.31. The Bertz CT molecular complexity index is 312. The first-order chi connectivity index (χ1) is 8.26. The molecule has 0 amide bonds. The molecule has 94 valence electrons. The molecule has 1 heterocycles. The lowest BCUT2D eigenvalue weighted by Gasteiger charge is -2.20. The number of aryl methyl sites for hydroxylation is 1. The van der Waals surface area contributed by atoms with Crippen molar-refractivity contribution in [3.8, 4) is 0 Å². The zero-order valence-electron chi connectivity index (χ0n) is 11.0. The van der Waals surface area contributed by atoms with Crippen LogP contribution in [0.2, 0.25) is 0 Å². The molecule has 1 aromatic carbocycles. The van der Waals surface area contributed by atoms with Gasteiger partial charge in [0.2, 0.25) is 0 Å². The number of likely N-dealkylation sites (tertiary alicyclic amines) is 1. The Morgan fingerprint density at radius 2 is 1.71 bits per heavy atom. The third-order valence-electron chi connectivity index (χ3n) is 3.10. The predicted octanol–water partition coefficient (Wildman–Crippen LogP) is 3.70. The number of nitrogens with zero attached hydrogens (tertiary/aromatic N) is 1. The summed E-state index contributed by atoms with van der Waals surface area (Å²) in [5.74, 6) is 0. The first kappa shape index (κ1) is 14.3. The summed E-state index contributed by atoms with van der Waals surface area (Å²) in [6.07, 6.45) is 5.37. The van der Waals surface area contributed by atoms with Gasteiger partial charge in [0.05, 0.1) is 0 Å². The van der Waals surface area contributed by atoms with Crippen LogP contribution < -0.4 is 0 Å². The molecule has 0 radical (unpaired) electrons. The molecular weight excluding hydrogens is 226 g/mol. The first-order valence-corrected chi connectivity index (χ1v) is 6.96. The van der Waals surface area contributed by atoms with Gasteiger partial charge < -0.3 is 4.90 Å². The molecule has 1 aromatic rings. The van der Waals surface area contributed by atoms with Gasteiger partial charge in [0.1, 0.15) is 0 Å². The van der Waals surface area contributed by atoms with Crippen LogP contribution in [0.15, 0.2) is 24.3 Å². The quantitative estimate of drug-likeness (QED) is 0.735. The van der Waals surface area contributed by atoms with Crippen molar-refractivity contribution in [3.05, 3.63) is 35.4 Å². The van der Waals surface area contributed by atoms with Gasteiger partial charge in [-0.15, -0.1) is 0 Å². The second-order valence-electron chi connectivity index (χ2n) is 4.58. The van der Waals surface area contributed by atoms with Crippen LogP contribution in [0.4, 0.5) is 0 Å². The fourth-order valence-electron chi connectivity index (χ4n) is 1.88. The van der Waals surface area contributed by atoms with E-state index in [4.69, 9.17) is 12.2 Å². The van der Waals surface area contributed by atoms with E-state index in [1.165, 1.54) is 37.9 Å². The van der Waals surface area contributed by atoms with Crippen molar-refractivity contribution >= 4 is 17.6 Å². The van der Waals surface area contributed by atoms with E-state index in [-0.39, 0.29) is 0 Å². The third kappa shape index (κ3) is 5.94. The molecule has 0 saturated carbocycles. The van der Waals surface area contributed by atoms with Crippen molar-refractivity contribution in [3.63, 3.8) is 0 Å². The van der Waals surface area contributed by atoms with E-state index in [0.29, 0.717) is 0 Å². The van der Waals surface area contributed by atoms with E-state index in [2.05, 4.69) is 31.0 Å². The molecule has 1 aliphatic rings. The van der Waals surface area contributed by atoms with Gasteiger partial charge in [0.15, 0.2) is 0 Å². The summed E-state index contributed by atoms with van der Waals surface area (Å²) in [5.41, 5.74) is 2.48. The Labute approximate surface area is 111 Å². The van der Waals surface area contributed by atoms with E-state index in [1.807, 2.05) is 12.1 Å². The molecule has 1 saturated heterocycles. The maximum Gasteiger partial charge on any atom is 0.00861 e. The van der Waals surface area contributed by atoms with Crippen LogP contribution in [-0.2, 0) is 6.42 Å². The summed E-state index contributed by atoms with van der Waals surface area (Å²) in [6.45, 7) is 4.78. The third-order valence-corrected chi connectivity index (χ3v) is 3.38. The largest absolute Gasteiger partial charge is 0.306 e. The lowest BCUT2D eigenvalue weighted by atomic mass is 10.1. The summed E-state index contributed by atoms with van der Waals surface area (Å²) in [4.78, 5) is 2.39. The Balaban J connectivity index is 0.000000181. The average Bonchev–Trinajstić information content (AvgIpc) is 2.40. The lowest BCUT2D eigenvalue weighted by molar-refractivity contribution is 0.277. The molecule has 17 heavy (non-hydrogen) atoms. The molecule has 0 spiro atoms. The van der Waals surface area contributed by atoms with Gasteiger partial charge in [0.25, 0.3) is 0 Å². The van der Waals surface area contributed by atoms with E-state index in [0.717, 1.165) is 12.0 Å². The number of hydrogen-bond donors (Lipinski definition) is 0. The van der Waals surface area contributed by atoms with Gasteiger partial charge in [-0.3, -0.25) is 0 Å². The van der Waals surface area contributed by atoms with E-state index in [9.17, 15) is 0 Å². The topological polar surface area (TPSA) is 3.24 Å². The Hall–Kier alpha value is -0.730. The molecule has 0 bridgehead atoms. The van der Waals surface area contributed by atoms with Crippen LogP contribution in [0, 0.1) is 0 Å². The van der Waals surface area contributed by atoms with Gasteiger partial charge in [-0.2, -0.15) is 0 Å². The zero-order chi connectivity index (χ0) is 12.5. The minimum absolute atomic E-state index is 1.09. The summed E-state index contributed by atoms with van der Waals surface area (Å²) in [7, 11) is 2.19. The number of piperidine rings is 1. The molecule has 0 aromatic heterocycles. The summed E-state index contributed by atoms with van der Waals surface area (Å²) >= 11 is 4.77. The minimum Gasteiger partial charge on any atom is -0.306 e. The molecule has 0 atom stereocenters. The summed E-state index contributed by atoms with van der Waals surface area (Å²) in [5, 5.41) is 1.69. The monoisotopic (exact) mass is 249 g/mol. The number of benzene rings is 1. The van der Waals surface area contributed by atoms with Gasteiger partial charge in [0, 0.05) is 5.37 Å². The Morgan fingerprint density at radius 3 is 2.06 bits per heavy atom. The zero-order valence-corrected chi connectivity index (χ0v) is 11.8. The molecule has 0 unspecified atom stereocenters. The van der Waals surface area contributed by atoms with Crippen molar-refractivity contribution < 1.29 is 0 Å². The second-order valence-corrected chi connectivity index (χ2v) is 4.81. The Morgan fingerprint density at radius 1 is 1.12 bits per heavy atom. The van der Waals surface area contributed by atoms with E-state index >= 15 is 0 Å². The molecule has 0 aliphatic carbocycles. The van der Waals surface area contributed by atoms with Gasteiger partial charge in [-0.25, -0.2) is 0 Å². The Kier molecular flexibility index (Phi) is 7.06. The second kappa shape index (κ2) is 8.37. The smallest absolute Gasteiger partial charge is 0.00861 e. The fourth-order valence-corrected chi connectivity index (χ4v) is 2.04. The highest BCUT2D eigenvalue weighted by Crippen LogP contribution is 2.04. The molecule has 1 nitrogen and oxygen atoms in total. The van der Waals surface area contributed by atoms with Gasteiger partial charge in [-0.05, 0) is 50.5 Å². The van der Waals surface area contributed by atoms with Crippen LogP contribution in [0.25, 0.3) is 0 Å². The van der Waals surface area contributed by atoms with Crippen molar-refractivity contribution in [2.24, 2.45) is 0 Å². The SMILES string of the molecule is CCc1ccc(C=S)cc1.CN1CCCCC1. The van der Waals surface area contributed by atoms with Crippen LogP contribution in [0.3, 0.4) is 0 Å². The van der Waals surface area contributed by atoms with Crippen molar-refractivity contribution in [1.29, 1.82) is 0 Å². The molecular formula is C15H23NS. The molecule has 1 aliphatic heterocycles. The van der Waals surface area contributed by atoms with Crippen molar-refractivity contribution in [2.75, 3.05) is 20.1 Å². The molecule has 2 rings (SSSR count). The fraction of sp³-hybridized carbons (Fsp3) is 0.533. The highest BCUT2D eigenvalue weighted by molar-refractivity contribution is 7.79. The predicted molar refractivity (Wildman–Crippen MR) is 79.9 cm³/mol. The molecule has 1 fully saturated rings. The first-order valence-electron chi connectivity index (χ1n) is 6.49. The molecule has 2 heteroatoms. The van der Waals surface area contributed by atoms with E-state index < -0.39 is 0 Å². The van der Waals surface area contributed by atoms with Gasteiger partial charge >= 0.3 is 0 Å². The van der Waals surface area contributed by atoms with Crippen molar-refractivity contribution in [1.82, 2.24) is 4.90 Å². The van der Waals surface area contributed by atoms with Crippen LogP contribution >= 0.6 is 12.2 Å². The number of rotatable bonds is 2. The summed E-state index contributed by atoms with van der Waals surface area (Å²) < 4.78 is 0. The maximum atomic E-state index is 4.77. The number of hydrogen-bond acceptors (Lipinski definition) is 2. The highest BCUT2D eigenvalue weighted by atomic mass is 32.1. The highest BCUT2D eigenvalue weighted by Gasteiger charge is 2.02. The standard InChI is InChI=1S/C9H10S.C6H13N/c1-2-8-3-5-9(7-10)6-4-8;1-7-5-3-2-4-6-7/h3-7H,2H2,1H3;2-6H2,1H3. The minimum atomic E-state index is 1.09. The van der Waals surface area contributed by atoms with Crippen LogP contribution in [-0.4, -0.2) is 30.4 Å². The van der Waals surface area contributed by atoms with Crippen molar-refractivity contribution in [2.45, 2.75) is 32.6 Å². The number of thiocarbonyl (C=S) groups is 1. The van der Waals surface area contributed by atoms with E-state index in [1.54, 1.807) is 5.37 Å².